The van der Waals surface area contributed by atoms with E-state index in [1.54, 1.807) is 4.90 Å². The van der Waals surface area contributed by atoms with Crippen molar-refractivity contribution in [1.82, 2.24) is 14.8 Å². The Morgan fingerprint density at radius 3 is 2.72 bits per heavy atom. The average molecular weight is 340 g/mol. The van der Waals surface area contributed by atoms with Crippen LogP contribution >= 0.6 is 0 Å². The zero-order chi connectivity index (χ0) is 17.8. The fourth-order valence-corrected chi connectivity index (χ4v) is 3.72. The van der Waals surface area contributed by atoms with Crippen molar-refractivity contribution in [2.75, 3.05) is 45.2 Å². The van der Waals surface area contributed by atoms with Gasteiger partial charge in [-0.05, 0) is 25.0 Å². The van der Waals surface area contributed by atoms with Crippen LogP contribution in [-0.2, 0) is 4.79 Å². The van der Waals surface area contributed by atoms with Crippen LogP contribution < -0.4 is 4.90 Å². The molecule has 0 N–H and O–H groups in total. The number of para-hydroxylation sites is 1. The van der Waals surface area contributed by atoms with E-state index in [9.17, 15) is 4.79 Å². The van der Waals surface area contributed by atoms with Crippen molar-refractivity contribution in [2.24, 2.45) is 0 Å². The van der Waals surface area contributed by atoms with Crippen LogP contribution in [0.2, 0.25) is 0 Å². The van der Waals surface area contributed by atoms with Gasteiger partial charge in [-0.3, -0.25) is 14.7 Å². The van der Waals surface area contributed by atoms with Gasteiger partial charge in [-0.1, -0.05) is 25.1 Å². The number of hydrogen-bond donors (Lipinski definition) is 0. The Morgan fingerprint density at radius 1 is 1.16 bits per heavy atom. The summed E-state index contributed by atoms with van der Waals surface area (Å²) in [6, 6.07) is 10.5. The predicted octanol–water partition coefficient (Wildman–Crippen LogP) is 2.61. The topological polar surface area (TPSA) is 39.7 Å². The van der Waals surface area contributed by atoms with Gasteiger partial charge in [-0.15, -0.1) is 0 Å². The minimum Gasteiger partial charge on any atom is -0.368 e. The number of benzene rings is 1. The lowest BCUT2D eigenvalue weighted by Gasteiger charge is -2.31. The van der Waals surface area contributed by atoms with Crippen molar-refractivity contribution >= 4 is 22.5 Å². The van der Waals surface area contributed by atoms with Gasteiger partial charge < -0.3 is 9.80 Å². The highest BCUT2D eigenvalue weighted by Crippen LogP contribution is 2.26. The lowest BCUT2D eigenvalue weighted by Crippen LogP contribution is -2.47. The molecular weight excluding hydrogens is 312 g/mol. The molecule has 0 aliphatic carbocycles. The van der Waals surface area contributed by atoms with Crippen molar-refractivity contribution in [3.05, 3.63) is 36.5 Å². The van der Waals surface area contributed by atoms with Gasteiger partial charge in [0.15, 0.2) is 0 Å². The maximum Gasteiger partial charge on any atom is 0.239 e. The average Bonchev–Trinajstić information content (AvgIpc) is 2.88. The second-order valence-electron chi connectivity index (χ2n) is 6.89. The second-order valence-corrected chi connectivity index (χ2v) is 6.89. The predicted molar refractivity (Wildman–Crippen MR) is 103 cm³/mol. The quantitative estimate of drug-likeness (QED) is 0.858. The van der Waals surface area contributed by atoms with Crippen LogP contribution in [0.1, 0.15) is 19.8 Å². The first kappa shape index (κ1) is 17.7. The number of hydrogen-bond acceptors (Lipinski definition) is 4. The number of pyridine rings is 1. The summed E-state index contributed by atoms with van der Waals surface area (Å²) in [6.07, 6.45) is 3.77. The Labute approximate surface area is 150 Å². The largest absolute Gasteiger partial charge is 0.368 e. The summed E-state index contributed by atoms with van der Waals surface area (Å²) in [5.41, 5.74) is 2.27. The Morgan fingerprint density at radius 2 is 1.96 bits per heavy atom. The molecule has 1 aliphatic rings. The van der Waals surface area contributed by atoms with Crippen molar-refractivity contribution < 1.29 is 4.79 Å². The molecule has 2 heterocycles. The van der Waals surface area contributed by atoms with Gasteiger partial charge in [-0.25, -0.2) is 0 Å². The third-order valence-corrected chi connectivity index (χ3v) is 5.04. The molecule has 1 aromatic carbocycles. The number of anilines is 1. The number of likely N-dealkylation sites (N-methyl/N-ethyl adjacent to an activating group) is 1. The molecule has 5 nitrogen and oxygen atoms in total. The molecule has 0 saturated carbocycles. The summed E-state index contributed by atoms with van der Waals surface area (Å²) >= 11 is 0. The summed E-state index contributed by atoms with van der Waals surface area (Å²) in [6.45, 7) is 5.89. The van der Waals surface area contributed by atoms with E-state index in [4.69, 9.17) is 0 Å². The molecule has 0 radical (unpaired) electrons. The highest BCUT2D eigenvalue weighted by atomic mass is 16.2. The molecule has 1 atom stereocenters. The fourth-order valence-electron chi connectivity index (χ4n) is 3.72. The normalized spacial score (nSPS) is 17.3. The number of fused-ring (bicyclic) bond motifs is 1. The number of amides is 1. The number of aromatic nitrogens is 1. The number of rotatable bonds is 4. The number of carbonyl (C=O) groups is 1. The molecule has 3 rings (SSSR count). The van der Waals surface area contributed by atoms with Gasteiger partial charge in [-0.2, -0.15) is 0 Å². The summed E-state index contributed by atoms with van der Waals surface area (Å²) in [5, 5.41) is 1.18. The van der Waals surface area contributed by atoms with E-state index in [0.29, 0.717) is 0 Å². The molecule has 1 aromatic heterocycles. The van der Waals surface area contributed by atoms with E-state index in [2.05, 4.69) is 46.0 Å². The smallest absolute Gasteiger partial charge is 0.239 e. The molecule has 1 fully saturated rings. The first-order valence-corrected chi connectivity index (χ1v) is 9.15. The zero-order valence-corrected chi connectivity index (χ0v) is 15.5. The molecule has 0 spiro atoms. The van der Waals surface area contributed by atoms with Gasteiger partial charge in [0.25, 0.3) is 0 Å². The Hall–Kier alpha value is -2.14. The van der Waals surface area contributed by atoms with E-state index in [1.165, 1.54) is 11.1 Å². The molecule has 5 heteroatoms. The second kappa shape index (κ2) is 7.83. The van der Waals surface area contributed by atoms with Crippen LogP contribution in [0.25, 0.3) is 10.9 Å². The maximum atomic E-state index is 12.5. The van der Waals surface area contributed by atoms with E-state index < -0.39 is 0 Å². The first-order chi connectivity index (χ1) is 12.1. The Kier molecular flexibility index (Phi) is 5.53. The van der Waals surface area contributed by atoms with Crippen LogP contribution in [0.3, 0.4) is 0 Å². The molecular formula is C20H28N4O. The van der Waals surface area contributed by atoms with E-state index in [1.807, 2.05) is 26.4 Å². The maximum absolute atomic E-state index is 12.5. The molecule has 1 amide bonds. The van der Waals surface area contributed by atoms with Gasteiger partial charge in [0.05, 0.1) is 17.2 Å². The van der Waals surface area contributed by atoms with Crippen LogP contribution in [0.15, 0.2) is 36.5 Å². The van der Waals surface area contributed by atoms with Gasteiger partial charge >= 0.3 is 0 Å². The van der Waals surface area contributed by atoms with E-state index in [-0.39, 0.29) is 11.9 Å². The summed E-state index contributed by atoms with van der Waals surface area (Å²) < 4.78 is 0. The Bertz CT molecular complexity index is 725. The first-order valence-electron chi connectivity index (χ1n) is 9.15. The molecule has 1 saturated heterocycles. The Balaban J connectivity index is 1.78. The zero-order valence-electron chi connectivity index (χ0n) is 15.5. The monoisotopic (exact) mass is 340 g/mol. The minimum atomic E-state index is -0.0133. The molecule has 2 aromatic rings. The minimum absolute atomic E-state index is 0.0133. The molecule has 1 aliphatic heterocycles. The summed E-state index contributed by atoms with van der Waals surface area (Å²) in [5.74, 6) is 0.211. The third kappa shape index (κ3) is 3.76. The number of nitrogens with zero attached hydrogens (tertiary/aromatic N) is 4. The van der Waals surface area contributed by atoms with E-state index >= 15 is 0 Å². The highest BCUT2D eigenvalue weighted by Gasteiger charge is 2.27. The molecule has 1 unspecified atom stereocenters. The standard InChI is InChI=1S/C20H28N4O/c1-4-17(20(25)22(2)3)23-12-7-13-24(15-14-23)18-10-5-8-16-9-6-11-21-19(16)18/h5-6,8-11,17H,4,7,12-15H2,1-3H3. The molecule has 0 bridgehead atoms. The molecule has 25 heavy (non-hydrogen) atoms. The van der Waals surface area contributed by atoms with Gasteiger partial charge in [0.1, 0.15) is 0 Å². The van der Waals surface area contributed by atoms with Crippen LogP contribution in [-0.4, -0.2) is 67.0 Å². The summed E-state index contributed by atoms with van der Waals surface area (Å²) in [7, 11) is 3.69. The molecule has 134 valence electrons. The van der Waals surface area contributed by atoms with Gasteiger partial charge in [0, 0.05) is 51.9 Å². The van der Waals surface area contributed by atoms with Crippen LogP contribution in [0.5, 0.6) is 0 Å². The fraction of sp³-hybridized carbons (Fsp3) is 0.500. The SMILES string of the molecule is CCC(C(=O)N(C)C)N1CCCN(c2cccc3cccnc23)CC1. The third-order valence-electron chi connectivity index (χ3n) is 5.04. The summed E-state index contributed by atoms with van der Waals surface area (Å²) in [4.78, 5) is 23.5. The van der Waals surface area contributed by atoms with Gasteiger partial charge in [0.2, 0.25) is 5.91 Å². The van der Waals surface area contributed by atoms with Crippen molar-refractivity contribution in [3.8, 4) is 0 Å². The van der Waals surface area contributed by atoms with Crippen molar-refractivity contribution in [3.63, 3.8) is 0 Å². The van der Waals surface area contributed by atoms with Crippen LogP contribution in [0.4, 0.5) is 5.69 Å². The number of carbonyl (C=O) groups excluding carboxylic acids is 1. The lowest BCUT2D eigenvalue weighted by molar-refractivity contribution is -0.134. The highest BCUT2D eigenvalue weighted by molar-refractivity contribution is 5.90. The van der Waals surface area contributed by atoms with E-state index in [0.717, 1.165) is 44.5 Å². The van der Waals surface area contributed by atoms with Crippen molar-refractivity contribution in [2.45, 2.75) is 25.8 Å². The van der Waals surface area contributed by atoms with Crippen LogP contribution in [0, 0.1) is 0 Å². The lowest BCUT2D eigenvalue weighted by atomic mass is 10.1. The van der Waals surface area contributed by atoms with Crippen molar-refractivity contribution in [1.29, 1.82) is 0 Å².